The highest BCUT2D eigenvalue weighted by Crippen LogP contribution is 2.23. The maximum absolute atomic E-state index is 14.1. The topological polar surface area (TPSA) is 175 Å². The van der Waals surface area contributed by atoms with Gasteiger partial charge in [0.2, 0.25) is 17.7 Å². The van der Waals surface area contributed by atoms with Gasteiger partial charge in [0.25, 0.3) is 17.7 Å². The Balaban J connectivity index is 2.03. The minimum atomic E-state index is -1.21. The van der Waals surface area contributed by atoms with E-state index in [1.807, 2.05) is 60.7 Å². The van der Waals surface area contributed by atoms with Crippen LogP contribution in [0.1, 0.15) is 83.7 Å². The van der Waals surface area contributed by atoms with Gasteiger partial charge in [0.15, 0.2) is 0 Å². The molecule has 3 unspecified atom stereocenters. The van der Waals surface area contributed by atoms with Gasteiger partial charge >= 0.3 is 0 Å². The molecule has 0 heterocycles. The van der Waals surface area contributed by atoms with Gasteiger partial charge in [-0.25, -0.2) is 0 Å². The van der Waals surface area contributed by atoms with Gasteiger partial charge in [0.05, 0.1) is 0 Å². The molecular formula is C45H56N6O6S3. The van der Waals surface area contributed by atoms with E-state index in [9.17, 15) is 28.8 Å². The Kier molecular flexibility index (Phi) is 17.9. The molecule has 0 saturated carbocycles. The molecule has 3 atom stereocenters. The average Bonchev–Trinajstić information content (AvgIpc) is 3.19. The number of amides is 6. The second-order valence-corrected chi connectivity index (χ2v) is 19.2. The number of hydrogen-bond acceptors (Lipinski definition) is 9. The number of allylic oxidation sites excluding steroid dienone is 2. The third-order valence-electron chi connectivity index (χ3n) is 9.13. The van der Waals surface area contributed by atoms with Crippen molar-refractivity contribution in [3.05, 3.63) is 144 Å². The normalized spacial score (nSPS) is 13.4. The van der Waals surface area contributed by atoms with E-state index in [4.69, 9.17) is 0 Å². The quantitative estimate of drug-likeness (QED) is 0.0561. The van der Waals surface area contributed by atoms with Crippen molar-refractivity contribution in [1.29, 1.82) is 0 Å². The highest BCUT2D eigenvalue weighted by molar-refractivity contribution is 7.82. The van der Waals surface area contributed by atoms with Gasteiger partial charge in [0, 0.05) is 50.6 Å². The molecule has 6 amide bonds. The zero-order valence-electron chi connectivity index (χ0n) is 34.8. The van der Waals surface area contributed by atoms with Crippen molar-refractivity contribution < 1.29 is 28.8 Å². The number of rotatable bonds is 20. The van der Waals surface area contributed by atoms with E-state index >= 15 is 0 Å². The molecule has 15 heteroatoms. The van der Waals surface area contributed by atoms with Gasteiger partial charge in [-0.15, -0.1) is 0 Å². The molecule has 0 bridgehead atoms. The first-order valence-electron chi connectivity index (χ1n) is 19.1. The zero-order valence-corrected chi connectivity index (χ0v) is 37.5. The number of thiol groups is 3. The third kappa shape index (κ3) is 15.1. The number of carbonyl (C=O) groups is 6. The number of benzene rings is 3. The molecule has 0 aromatic heterocycles. The summed E-state index contributed by atoms with van der Waals surface area (Å²) in [5, 5.41) is 16.6. The highest BCUT2D eigenvalue weighted by Gasteiger charge is 2.37. The fourth-order valence-electron chi connectivity index (χ4n) is 5.77. The van der Waals surface area contributed by atoms with Crippen LogP contribution in [0, 0.1) is 0 Å². The van der Waals surface area contributed by atoms with Crippen LogP contribution in [0.3, 0.4) is 0 Å². The Labute approximate surface area is 369 Å². The molecule has 3 aromatic carbocycles. The average molecular weight is 873 g/mol. The Bertz CT molecular complexity index is 1970. The maximum atomic E-state index is 14.1. The van der Waals surface area contributed by atoms with Crippen molar-refractivity contribution >= 4 is 73.3 Å². The maximum Gasteiger partial charge on any atom is 0.252 e. The van der Waals surface area contributed by atoms with Crippen LogP contribution in [-0.2, 0) is 27.5 Å². The smallest absolute Gasteiger partial charge is 0.252 e. The molecule has 12 nitrogen and oxygen atoms in total. The van der Waals surface area contributed by atoms with Crippen molar-refractivity contribution in [3.63, 3.8) is 0 Å². The molecule has 320 valence electrons. The van der Waals surface area contributed by atoms with E-state index < -0.39 is 67.8 Å². The molecule has 3 aromatic rings. The summed E-state index contributed by atoms with van der Waals surface area (Å²) in [6.45, 7) is 17.8. The van der Waals surface area contributed by atoms with Crippen molar-refractivity contribution in [1.82, 2.24) is 31.9 Å². The third-order valence-corrected chi connectivity index (χ3v) is 9.91. The Morgan fingerprint density at radius 1 is 0.550 bits per heavy atom. The van der Waals surface area contributed by atoms with Crippen molar-refractivity contribution in [2.45, 2.75) is 87.0 Å². The Hall–Kier alpha value is -5.25. The zero-order chi connectivity index (χ0) is 44.8. The van der Waals surface area contributed by atoms with Gasteiger partial charge in [-0.3, -0.25) is 28.8 Å². The Morgan fingerprint density at radius 3 is 1.15 bits per heavy atom. The van der Waals surface area contributed by atoms with Crippen LogP contribution in [0.2, 0.25) is 0 Å². The minimum Gasteiger partial charge on any atom is -0.350 e. The molecular weight excluding hydrogens is 817 g/mol. The van der Waals surface area contributed by atoms with Crippen LogP contribution < -0.4 is 31.9 Å². The van der Waals surface area contributed by atoms with Crippen molar-refractivity contribution in [2.75, 3.05) is 6.54 Å². The van der Waals surface area contributed by atoms with Crippen LogP contribution in [-0.4, -0.2) is 74.4 Å². The molecule has 0 aliphatic rings. The number of hydrogen-bond donors (Lipinski definition) is 9. The van der Waals surface area contributed by atoms with Gasteiger partial charge in [0.1, 0.15) is 18.1 Å². The molecule has 6 N–H and O–H groups in total. The second kappa shape index (κ2) is 21.8. The molecule has 0 radical (unpaired) electrons. The first kappa shape index (κ1) is 49.1. The molecule has 0 aliphatic heterocycles. The fraction of sp³-hybridized carbons (Fsp3) is 0.333. The van der Waals surface area contributed by atoms with Crippen LogP contribution >= 0.6 is 37.9 Å². The lowest BCUT2D eigenvalue weighted by molar-refractivity contribution is -0.124. The summed E-state index contributed by atoms with van der Waals surface area (Å²) in [6.07, 6.45) is 4.78. The molecule has 0 aliphatic carbocycles. The van der Waals surface area contributed by atoms with E-state index in [1.165, 1.54) is 18.2 Å². The number of carbonyl (C=O) groups excluding carboxylic acids is 6. The molecule has 0 spiro atoms. The predicted octanol–water partition coefficient (Wildman–Crippen LogP) is 5.15. The monoisotopic (exact) mass is 872 g/mol. The number of nitrogens with one attached hydrogen (secondary N) is 6. The van der Waals surface area contributed by atoms with Gasteiger partial charge in [-0.1, -0.05) is 92.0 Å². The lowest BCUT2D eigenvalue weighted by Crippen LogP contribution is -2.56. The van der Waals surface area contributed by atoms with E-state index in [0.717, 1.165) is 11.1 Å². The van der Waals surface area contributed by atoms with E-state index in [-0.39, 0.29) is 36.3 Å². The summed E-state index contributed by atoms with van der Waals surface area (Å²) in [6, 6.07) is 18.6. The van der Waals surface area contributed by atoms with Gasteiger partial charge in [-0.2, -0.15) is 37.9 Å². The first-order chi connectivity index (χ1) is 28.0. The molecule has 3 rings (SSSR count). The summed E-state index contributed by atoms with van der Waals surface area (Å²) in [7, 11) is 0. The predicted molar refractivity (Wildman–Crippen MR) is 247 cm³/mol. The summed E-state index contributed by atoms with van der Waals surface area (Å²) >= 11 is 13.8. The lowest BCUT2D eigenvalue weighted by atomic mass is 9.98. The summed E-state index contributed by atoms with van der Waals surface area (Å²) in [5.41, 5.74) is 1.83. The highest BCUT2D eigenvalue weighted by atomic mass is 32.1. The summed E-state index contributed by atoms with van der Waals surface area (Å²) in [5.74, 6) is -4.03. The standard InChI is InChI=1S/C45H56N6O6S3/c1-9-17-28(10-2)25-46-40(55)34(43(3,4)58)49-37(52)31-22-32(38(53)50-35(44(5,6)59)41(56)47-26-29-18-13-11-14-19-29)24-33(23-31)39(54)51-36(45(7,8)60)42(57)48-27-30-20-15-12-16-21-30/h9-24,34-36,58-60H,1-2,25-27H2,3-8H3,(H,46,55)(H,47,56)(H,48,57)(H,49,52)(H,50,53)(H,51,54)/b28-17+. The van der Waals surface area contributed by atoms with Gasteiger partial charge in [-0.05, 0) is 76.4 Å². The SMILES string of the molecule is C=C/C=C(\C=C)CNC(=O)C(NC(=O)c1cc(C(=O)NC(C(=O)NCc2ccccc2)C(C)(C)S)cc(C(=O)NC(C(=O)NCc2ccccc2)C(C)(C)S)c1)C(C)(C)S. The van der Waals surface area contributed by atoms with Crippen LogP contribution in [0.4, 0.5) is 0 Å². The van der Waals surface area contributed by atoms with E-state index in [1.54, 1.807) is 59.8 Å². The Morgan fingerprint density at radius 2 is 0.867 bits per heavy atom. The van der Waals surface area contributed by atoms with Crippen molar-refractivity contribution in [2.24, 2.45) is 0 Å². The largest absolute Gasteiger partial charge is 0.350 e. The second-order valence-electron chi connectivity index (χ2n) is 15.8. The van der Waals surface area contributed by atoms with E-state index in [0.29, 0.717) is 5.57 Å². The molecule has 60 heavy (non-hydrogen) atoms. The first-order valence-corrected chi connectivity index (χ1v) is 20.5. The fourth-order valence-corrected chi connectivity index (χ4v) is 6.31. The van der Waals surface area contributed by atoms with Crippen LogP contribution in [0.5, 0.6) is 0 Å². The molecule has 0 saturated heterocycles. The van der Waals surface area contributed by atoms with Crippen LogP contribution in [0.25, 0.3) is 0 Å². The minimum absolute atomic E-state index is 0.0910. The van der Waals surface area contributed by atoms with Gasteiger partial charge < -0.3 is 31.9 Å². The van der Waals surface area contributed by atoms with E-state index in [2.05, 4.69) is 82.9 Å². The summed E-state index contributed by atoms with van der Waals surface area (Å²) in [4.78, 5) is 82.8. The summed E-state index contributed by atoms with van der Waals surface area (Å²) < 4.78 is -3.24. The van der Waals surface area contributed by atoms with Crippen molar-refractivity contribution in [3.8, 4) is 0 Å². The molecule has 0 fully saturated rings. The lowest BCUT2D eigenvalue weighted by Gasteiger charge is -2.30. The van der Waals surface area contributed by atoms with Crippen LogP contribution in [0.15, 0.2) is 116 Å².